The topological polar surface area (TPSA) is 89.7 Å². The molecule has 0 aliphatic carbocycles. The molecule has 2 amide bonds. The molecule has 0 saturated carbocycles. The van der Waals surface area contributed by atoms with Crippen molar-refractivity contribution in [3.8, 4) is 5.75 Å². The molecule has 0 aromatic heterocycles. The van der Waals surface area contributed by atoms with E-state index in [1.54, 1.807) is 36.4 Å². The number of imide groups is 1. The first-order valence-corrected chi connectivity index (χ1v) is 12.0. The fraction of sp³-hybridized carbons (Fsp3) is 0.0714. The van der Waals surface area contributed by atoms with Crippen LogP contribution < -0.4 is 4.74 Å². The molecule has 1 fully saturated rings. The molecule has 1 aliphatic heterocycles. The SMILES string of the molecule is O=C1S/C(=C\c2cccc(OCc3ccc([N+](=O)[O-])cc3)c2)C(=O)N1Cc1ccc2ccccc2c1. The summed E-state index contributed by atoms with van der Waals surface area (Å²) >= 11 is 0.922. The first-order chi connectivity index (χ1) is 17.5. The predicted octanol–water partition coefficient (Wildman–Crippen LogP) is 6.56. The number of ether oxygens (including phenoxy) is 1. The van der Waals surface area contributed by atoms with Gasteiger partial charge in [-0.15, -0.1) is 0 Å². The summed E-state index contributed by atoms with van der Waals surface area (Å²) < 4.78 is 5.81. The Kier molecular flexibility index (Phi) is 6.51. The molecule has 7 nitrogen and oxygen atoms in total. The summed E-state index contributed by atoms with van der Waals surface area (Å²) in [6, 6.07) is 27.2. The first kappa shape index (κ1) is 23.3. The highest BCUT2D eigenvalue weighted by Crippen LogP contribution is 2.34. The molecule has 36 heavy (non-hydrogen) atoms. The zero-order chi connectivity index (χ0) is 25.1. The minimum Gasteiger partial charge on any atom is -0.489 e. The van der Waals surface area contributed by atoms with Crippen LogP contribution >= 0.6 is 11.8 Å². The van der Waals surface area contributed by atoms with E-state index in [0.29, 0.717) is 10.7 Å². The number of nitro groups is 1. The van der Waals surface area contributed by atoms with Crippen molar-refractivity contribution in [2.45, 2.75) is 13.2 Å². The van der Waals surface area contributed by atoms with E-state index in [-0.39, 0.29) is 30.0 Å². The normalized spacial score (nSPS) is 14.6. The van der Waals surface area contributed by atoms with Crippen molar-refractivity contribution in [1.29, 1.82) is 0 Å². The van der Waals surface area contributed by atoms with Gasteiger partial charge in [-0.1, -0.05) is 48.5 Å². The number of fused-ring (bicyclic) bond motifs is 1. The van der Waals surface area contributed by atoms with Crippen molar-refractivity contribution >= 4 is 45.4 Å². The summed E-state index contributed by atoms with van der Waals surface area (Å²) in [5.41, 5.74) is 2.43. The Bertz CT molecular complexity index is 1510. The van der Waals surface area contributed by atoms with Crippen molar-refractivity contribution in [3.05, 3.63) is 123 Å². The minimum atomic E-state index is -0.447. The average Bonchev–Trinajstić information content (AvgIpc) is 3.15. The summed E-state index contributed by atoms with van der Waals surface area (Å²) in [5.74, 6) is 0.257. The Morgan fingerprint density at radius 1 is 0.861 bits per heavy atom. The zero-order valence-electron chi connectivity index (χ0n) is 19.0. The molecule has 0 bridgehead atoms. The van der Waals surface area contributed by atoms with Gasteiger partial charge >= 0.3 is 0 Å². The van der Waals surface area contributed by atoms with Crippen LogP contribution in [-0.4, -0.2) is 21.0 Å². The number of nitro benzene ring substituents is 1. The van der Waals surface area contributed by atoms with Gasteiger partial charge in [0, 0.05) is 12.1 Å². The maximum Gasteiger partial charge on any atom is 0.293 e. The van der Waals surface area contributed by atoms with E-state index in [9.17, 15) is 19.7 Å². The van der Waals surface area contributed by atoms with E-state index in [4.69, 9.17) is 4.74 Å². The molecule has 0 unspecified atom stereocenters. The van der Waals surface area contributed by atoms with Crippen molar-refractivity contribution in [2.24, 2.45) is 0 Å². The van der Waals surface area contributed by atoms with Crippen LogP contribution in [0.15, 0.2) is 95.9 Å². The Balaban J connectivity index is 1.27. The lowest BCUT2D eigenvalue weighted by atomic mass is 10.1. The van der Waals surface area contributed by atoms with E-state index >= 15 is 0 Å². The monoisotopic (exact) mass is 496 g/mol. The van der Waals surface area contributed by atoms with Gasteiger partial charge in [-0.3, -0.25) is 24.6 Å². The van der Waals surface area contributed by atoms with Gasteiger partial charge < -0.3 is 4.74 Å². The molecule has 1 saturated heterocycles. The molecule has 1 heterocycles. The van der Waals surface area contributed by atoms with Crippen LogP contribution in [0.2, 0.25) is 0 Å². The molecule has 0 radical (unpaired) electrons. The Morgan fingerprint density at radius 3 is 2.39 bits per heavy atom. The van der Waals surface area contributed by atoms with Gasteiger partial charge in [-0.25, -0.2) is 0 Å². The smallest absolute Gasteiger partial charge is 0.293 e. The van der Waals surface area contributed by atoms with Gasteiger partial charge in [0.15, 0.2) is 0 Å². The second-order valence-electron chi connectivity index (χ2n) is 8.23. The summed E-state index contributed by atoms with van der Waals surface area (Å²) in [7, 11) is 0. The molecule has 0 spiro atoms. The molecule has 0 atom stereocenters. The van der Waals surface area contributed by atoms with Crippen molar-refractivity contribution in [2.75, 3.05) is 0 Å². The van der Waals surface area contributed by atoms with Gasteiger partial charge in [-0.2, -0.15) is 0 Å². The van der Waals surface area contributed by atoms with E-state index in [0.717, 1.165) is 39.2 Å². The van der Waals surface area contributed by atoms with E-state index in [1.165, 1.54) is 17.0 Å². The molecule has 1 aliphatic rings. The highest BCUT2D eigenvalue weighted by Gasteiger charge is 2.35. The molecule has 178 valence electrons. The van der Waals surface area contributed by atoms with Gasteiger partial charge in [0.1, 0.15) is 12.4 Å². The fourth-order valence-corrected chi connectivity index (χ4v) is 4.72. The van der Waals surface area contributed by atoms with Crippen molar-refractivity contribution < 1.29 is 19.2 Å². The van der Waals surface area contributed by atoms with Gasteiger partial charge in [0.2, 0.25) is 0 Å². The molecular weight excluding hydrogens is 476 g/mol. The lowest BCUT2D eigenvalue weighted by Crippen LogP contribution is -2.27. The third-order valence-electron chi connectivity index (χ3n) is 5.74. The largest absolute Gasteiger partial charge is 0.489 e. The molecular formula is C28H20N2O5S. The van der Waals surface area contributed by atoms with Crippen LogP contribution in [0.1, 0.15) is 16.7 Å². The number of hydrogen-bond donors (Lipinski definition) is 0. The van der Waals surface area contributed by atoms with E-state index in [2.05, 4.69) is 0 Å². The van der Waals surface area contributed by atoms with Crippen LogP contribution in [-0.2, 0) is 17.9 Å². The summed E-state index contributed by atoms with van der Waals surface area (Å²) in [4.78, 5) is 37.6. The number of hydrogen-bond acceptors (Lipinski definition) is 6. The summed E-state index contributed by atoms with van der Waals surface area (Å²) in [5, 5.41) is 12.7. The zero-order valence-corrected chi connectivity index (χ0v) is 19.8. The van der Waals surface area contributed by atoms with Crippen LogP contribution in [0.5, 0.6) is 5.75 Å². The minimum absolute atomic E-state index is 0.0234. The van der Waals surface area contributed by atoms with Crippen molar-refractivity contribution in [1.82, 2.24) is 4.90 Å². The lowest BCUT2D eigenvalue weighted by Gasteiger charge is -2.13. The lowest BCUT2D eigenvalue weighted by molar-refractivity contribution is -0.384. The Labute approximate surface area is 211 Å². The number of nitrogens with zero attached hydrogens (tertiary/aromatic N) is 2. The van der Waals surface area contributed by atoms with Crippen LogP contribution in [0, 0.1) is 10.1 Å². The summed E-state index contributed by atoms with van der Waals surface area (Å²) in [6.45, 7) is 0.453. The maximum atomic E-state index is 13.0. The Morgan fingerprint density at radius 2 is 1.61 bits per heavy atom. The molecule has 8 heteroatoms. The average molecular weight is 497 g/mol. The second-order valence-corrected chi connectivity index (χ2v) is 9.23. The third kappa shape index (κ3) is 5.13. The van der Waals surface area contributed by atoms with E-state index < -0.39 is 4.92 Å². The number of thioether (sulfide) groups is 1. The highest BCUT2D eigenvalue weighted by atomic mass is 32.2. The molecule has 5 rings (SSSR count). The second kappa shape index (κ2) is 10.1. The number of non-ortho nitro benzene ring substituents is 1. The highest BCUT2D eigenvalue weighted by molar-refractivity contribution is 8.18. The number of rotatable bonds is 7. The molecule has 0 N–H and O–H groups in total. The molecule has 4 aromatic carbocycles. The number of carbonyl (C=O) groups is 2. The third-order valence-corrected chi connectivity index (χ3v) is 6.64. The maximum absolute atomic E-state index is 13.0. The standard InChI is InChI=1S/C28H20N2O5S/c31-27-26(36-28(32)29(27)17-21-8-11-22-5-1-2-6-23(22)14-21)16-20-4-3-7-25(15-20)35-18-19-9-12-24(13-10-19)30(33)34/h1-16H,17-18H2/b26-16-. The van der Waals surface area contributed by atoms with E-state index in [1.807, 2.05) is 48.5 Å². The van der Waals surface area contributed by atoms with Gasteiger partial charge in [-0.05, 0) is 75.6 Å². The van der Waals surface area contributed by atoms with Crippen LogP contribution in [0.4, 0.5) is 10.5 Å². The number of carbonyl (C=O) groups excluding carboxylic acids is 2. The predicted molar refractivity (Wildman–Crippen MR) is 139 cm³/mol. The summed E-state index contributed by atoms with van der Waals surface area (Å²) in [6.07, 6.45) is 1.68. The molecule has 4 aromatic rings. The van der Waals surface area contributed by atoms with Crippen LogP contribution in [0.25, 0.3) is 16.8 Å². The van der Waals surface area contributed by atoms with Crippen molar-refractivity contribution in [3.63, 3.8) is 0 Å². The van der Waals surface area contributed by atoms with Crippen LogP contribution in [0.3, 0.4) is 0 Å². The number of amides is 2. The van der Waals surface area contributed by atoms with Gasteiger partial charge in [0.05, 0.1) is 16.4 Å². The first-order valence-electron chi connectivity index (χ1n) is 11.2. The van der Waals surface area contributed by atoms with Gasteiger partial charge in [0.25, 0.3) is 16.8 Å². The quantitative estimate of drug-likeness (QED) is 0.163. The number of benzene rings is 4. The fourth-order valence-electron chi connectivity index (χ4n) is 3.88. The Hall–Kier alpha value is -4.43.